The van der Waals surface area contributed by atoms with Gasteiger partial charge in [-0.1, -0.05) is 43.2 Å². The van der Waals surface area contributed by atoms with Gasteiger partial charge >= 0.3 is 12.2 Å². The number of carbonyl (C=O) groups is 5. The molecule has 6 rings (SSSR count). The first-order valence-corrected chi connectivity index (χ1v) is 19.9. The average molecular weight is 804 g/mol. The summed E-state index contributed by atoms with van der Waals surface area (Å²) in [5.41, 5.74) is -1.85. The van der Waals surface area contributed by atoms with Crippen molar-refractivity contribution in [1.82, 2.24) is 25.2 Å². The number of alkyl carbamates (subject to hydrolysis) is 1. The fraction of sp³-hybridized carbons (Fsp3) is 0.500. The normalized spacial score (nSPS) is 26.0. The number of allylic oxidation sites excluding steroid dienone is 1. The van der Waals surface area contributed by atoms with Crippen molar-refractivity contribution >= 4 is 39.9 Å². The molecule has 56 heavy (non-hydrogen) atoms. The van der Waals surface area contributed by atoms with Crippen molar-refractivity contribution in [1.29, 1.82) is 0 Å². The number of hydrogen-bond acceptors (Lipinski definition) is 9. The summed E-state index contributed by atoms with van der Waals surface area (Å²) < 4.78 is 82.7. The zero-order valence-electron chi connectivity index (χ0n) is 31.1. The van der Waals surface area contributed by atoms with Gasteiger partial charge in [0.1, 0.15) is 46.8 Å². The van der Waals surface area contributed by atoms with Gasteiger partial charge in [0, 0.05) is 24.4 Å². The highest BCUT2D eigenvalue weighted by Gasteiger charge is 2.62. The maximum atomic E-state index is 14.5. The number of nitrogens with one attached hydrogen (secondary N) is 3. The number of halogens is 3. The van der Waals surface area contributed by atoms with Crippen LogP contribution in [0.4, 0.5) is 22.8 Å². The third kappa shape index (κ3) is 8.79. The van der Waals surface area contributed by atoms with Crippen LogP contribution in [0.25, 0.3) is 0 Å². The van der Waals surface area contributed by atoms with E-state index in [0.717, 1.165) is 23.1 Å². The molecule has 0 radical (unpaired) electrons. The van der Waals surface area contributed by atoms with Gasteiger partial charge in [0.15, 0.2) is 4.90 Å². The zero-order chi connectivity index (χ0) is 40.6. The molecule has 3 N–H and O–H groups in total. The summed E-state index contributed by atoms with van der Waals surface area (Å²) in [5.74, 6) is -6.92. The summed E-state index contributed by atoms with van der Waals surface area (Å²) in [6, 6.07) is 4.33. The number of ether oxygens (including phenoxy) is 2. The topological polar surface area (TPSA) is 181 Å². The highest BCUT2D eigenvalue weighted by atomic mass is 32.2. The average Bonchev–Trinajstić information content (AvgIpc) is 3.40. The number of benzene rings is 2. The lowest BCUT2D eigenvalue weighted by Gasteiger charge is -2.30. The van der Waals surface area contributed by atoms with E-state index >= 15 is 0 Å². The van der Waals surface area contributed by atoms with Crippen LogP contribution in [0.5, 0.6) is 0 Å². The minimum Gasteiger partial charge on any atom is -0.444 e. The van der Waals surface area contributed by atoms with E-state index in [1.165, 1.54) is 17.0 Å². The SMILES string of the molecule is CC(C)(C)OC(=O)N[C@H]1CCCCC/C=C\[C@@H]2C[C@@]2(C(=O)NS(=O)(=O)c2c(F)cccc2F)NC(=O)[C@@H]2C[C@@H](OC(=O)N3Cc4cccc(F)c4C3)CN2C1=O. The molecule has 3 aliphatic heterocycles. The van der Waals surface area contributed by atoms with Crippen molar-refractivity contribution in [3.63, 3.8) is 0 Å². The third-order valence-electron chi connectivity index (χ3n) is 10.2. The molecule has 0 bridgehead atoms. The first kappa shape index (κ1) is 40.5. The van der Waals surface area contributed by atoms with Crippen molar-refractivity contribution < 1.29 is 55.0 Å². The predicted octanol–water partition coefficient (Wildman–Crippen LogP) is 4.32. The molecule has 0 aromatic heterocycles. The Hall–Kier alpha value is -5.13. The van der Waals surface area contributed by atoms with Crippen LogP contribution in [0.2, 0.25) is 0 Å². The quantitative estimate of drug-likeness (QED) is 0.371. The molecular formula is C38H44F3N5O9S. The molecule has 2 aromatic carbocycles. The molecule has 1 saturated heterocycles. The highest BCUT2D eigenvalue weighted by molar-refractivity contribution is 7.90. The summed E-state index contributed by atoms with van der Waals surface area (Å²) in [5, 5.41) is 5.23. The summed E-state index contributed by atoms with van der Waals surface area (Å²) in [7, 11) is -5.10. The van der Waals surface area contributed by atoms with Crippen LogP contribution in [-0.2, 0) is 47.0 Å². The minimum atomic E-state index is -5.10. The minimum absolute atomic E-state index is 0.0613. The molecule has 18 heteroatoms. The van der Waals surface area contributed by atoms with Crippen LogP contribution >= 0.6 is 0 Å². The van der Waals surface area contributed by atoms with E-state index in [0.29, 0.717) is 36.8 Å². The Bertz CT molecular complexity index is 2040. The van der Waals surface area contributed by atoms with Crippen LogP contribution in [0.3, 0.4) is 0 Å². The second kappa shape index (κ2) is 15.8. The molecule has 2 fully saturated rings. The lowest BCUT2D eigenvalue weighted by Crippen LogP contribution is -2.58. The van der Waals surface area contributed by atoms with Gasteiger partial charge in [0.25, 0.3) is 15.9 Å². The number of carbonyl (C=O) groups excluding carboxylic acids is 5. The van der Waals surface area contributed by atoms with Crippen molar-refractivity contribution in [3.05, 3.63) is 77.1 Å². The van der Waals surface area contributed by atoms with Gasteiger partial charge in [0.05, 0.1) is 13.1 Å². The summed E-state index contributed by atoms with van der Waals surface area (Å²) in [6.07, 6.45) is 2.83. The van der Waals surface area contributed by atoms with Gasteiger partial charge in [-0.15, -0.1) is 0 Å². The molecule has 1 saturated carbocycles. The van der Waals surface area contributed by atoms with E-state index in [4.69, 9.17) is 9.47 Å². The fourth-order valence-corrected chi connectivity index (χ4v) is 8.52. The van der Waals surface area contributed by atoms with E-state index in [1.54, 1.807) is 43.7 Å². The monoisotopic (exact) mass is 803 g/mol. The van der Waals surface area contributed by atoms with Gasteiger partial charge in [-0.2, -0.15) is 0 Å². The molecule has 14 nitrogen and oxygen atoms in total. The zero-order valence-corrected chi connectivity index (χ0v) is 31.9. The van der Waals surface area contributed by atoms with Crippen LogP contribution in [0.15, 0.2) is 53.4 Å². The largest absolute Gasteiger partial charge is 0.444 e. The fourth-order valence-electron chi connectivity index (χ4n) is 7.35. The van der Waals surface area contributed by atoms with Crippen LogP contribution in [-0.4, -0.2) is 84.0 Å². The molecular weight excluding hydrogens is 760 g/mol. The standard InChI is InChI=1S/C38H44F3N5O9S/c1-37(2,3)55-35(50)42-29-16-8-6-4-5-7-12-23-18-38(23,34(49)44-56(52,53)31-27(40)14-10-15-28(31)41)43-32(47)30-17-24(20-46(30)33(29)48)54-36(51)45-19-22-11-9-13-26(39)25(22)21-45/h7,9-15,23-24,29-30H,4-6,8,16-21H2,1-3H3,(H,42,50)(H,43,47)(H,44,49)/b12-7-/t23-,24-,29+,30+,38-/m1/s1. The first-order chi connectivity index (χ1) is 26.4. The maximum absolute atomic E-state index is 14.5. The predicted molar refractivity (Wildman–Crippen MR) is 192 cm³/mol. The molecule has 1 aliphatic carbocycles. The molecule has 3 heterocycles. The summed E-state index contributed by atoms with van der Waals surface area (Å²) >= 11 is 0. The second-order valence-corrected chi connectivity index (χ2v) is 17.1. The van der Waals surface area contributed by atoms with Crippen LogP contribution < -0.4 is 15.4 Å². The molecule has 5 amide bonds. The molecule has 5 atom stereocenters. The molecule has 0 unspecified atom stereocenters. The Morgan fingerprint density at radius 2 is 1.66 bits per heavy atom. The molecule has 0 spiro atoms. The van der Waals surface area contributed by atoms with E-state index in [-0.39, 0.29) is 38.9 Å². The Morgan fingerprint density at radius 1 is 0.964 bits per heavy atom. The number of hydrogen-bond donors (Lipinski definition) is 3. The van der Waals surface area contributed by atoms with E-state index in [9.17, 15) is 45.6 Å². The van der Waals surface area contributed by atoms with E-state index < -0.39 is 97.5 Å². The summed E-state index contributed by atoms with van der Waals surface area (Å²) in [4.78, 5) is 69.7. The van der Waals surface area contributed by atoms with Gasteiger partial charge in [0.2, 0.25) is 11.8 Å². The number of nitrogens with zero attached hydrogens (tertiary/aromatic N) is 2. The van der Waals surface area contributed by atoms with Crippen molar-refractivity contribution in [3.8, 4) is 0 Å². The lowest BCUT2D eigenvalue weighted by molar-refractivity contribution is -0.141. The Kier molecular flexibility index (Phi) is 11.4. The van der Waals surface area contributed by atoms with Gasteiger partial charge in [-0.25, -0.2) is 35.9 Å². The highest BCUT2D eigenvalue weighted by Crippen LogP contribution is 2.46. The third-order valence-corrected chi connectivity index (χ3v) is 11.6. The molecule has 302 valence electrons. The smallest absolute Gasteiger partial charge is 0.410 e. The van der Waals surface area contributed by atoms with Crippen molar-refractivity contribution in [2.24, 2.45) is 5.92 Å². The summed E-state index contributed by atoms with van der Waals surface area (Å²) in [6.45, 7) is 4.67. The number of sulfonamides is 1. The van der Waals surface area contributed by atoms with Gasteiger partial charge < -0.3 is 25.0 Å². The van der Waals surface area contributed by atoms with Crippen LogP contribution in [0, 0.1) is 23.4 Å². The Balaban J connectivity index is 1.28. The van der Waals surface area contributed by atoms with E-state index in [2.05, 4.69) is 10.6 Å². The number of fused-ring (bicyclic) bond motifs is 3. The van der Waals surface area contributed by atoms with Crippen molar-refractivity contribution in [2.75, 3.05) is 6.54 Å². The number of amides is 5. The molecule has 2 aromatic rings. The lowest BCUT2D eigenvalue weighted by atomic mass is 10.0. The molecule has 4 aliphatic rings. The van der Waals surface area contributed by atoms with Gasteiger partial charge in [-0.3, -0.25) is 19.3 Å². The second-order valence-electron chi connectivity index (χ2n) is 15.5. The maximum Gasteiger partial charge on any atom is 0.410 e. The first-order valence-electron chi connectivity index (χ1n) is 18.4. The number of rotatable bonds is 5. The van der Waals surface area contributed by atoms with Crippen molar-refractivity contribution in [2.45, 2.75) is 113 Å². The Morgan fingerprint density at radius 3 is 2.36 bits per heavy atom. The van der Waals surface area contributed by atoms with Crippen LogP contribution in [0.1, 0.15) is 76.8 Å². The van der Waals surface area contributed by atoms with Gasteiger partial charge in [-0.05, 0) is 70.2 Å². The van der Waals surface area contributed by atoms with E-state index in [1.807, 2.05) is 0 Å². The Labute approximate surface area is 322 Å².